The lowest BCUT2D eigenvalue weighted by Gasteiger charge is -2.25. The van der Waals surface area contributed by atoms with Crippen LogP contribution in [0.25, 0.3) is 0 Å². The number of carbonyl (C=O) groups excluding carboxylic acids is 2. The van der Waals surface area contributed by atoms with Crippen LogP contribution in [0.5, 0.6) is 0 Å². The summed E-state index contributed by atoms with van der Waals surface area (Å²) in [6.07, 6.45) is 2.51. The van der Waals surface area contributed by atoms with E-state index < -0.39 is 11.4 Å². The quantitative estimate of drug-likeness (QED) is 0.393. The standard InChI is InChI=1S/C11H16O3/c1-4-9(12)11(10(13)14-3)7-5-6-8(11)2/h2,4-7H2,1,3H3. The number of methoxy groups -OCH3 is 1. The molecule has 1 fully saturated rings. The highest BCUT2D eigenvalue weighted by Gasteiger charge is 2.50. The zero-order valence-corrected chi connectivity index (χ0v) is 8.76. The Morgan fingerprint density at radius 1 is 1.57 bits per heavy atom. The molecule has 0 aliphatic heterocycles. The van der Waals surface area contributed by atoms with E-state index in [1.54, 1.807) is 6.92 Å². The Balaban J connectivity index is 3.08. The molecular formula is C11H16O3. The number of rotatable bonds is 3. The van der Waals surface area contributed by atoms with Crippen LogP contribution in [0.2, 0.25) is 0 Å². The van der Waals surface area contributed by atoms with Crippen molar-refractivity contribution < 1.29 is 14.3 Å². The van der Waals surface area contributed by atoms with Gasteiger partial charge in [-0.3, -0.25) is 9.59 Å². The molecule has 1 saturated carbocycles. The van der Waals surface area contributed by atoms with E-state index in [-0.39, 0.29) is 5.78 Å². The molecule has 0 aromatic carbocycles. The summed E-state index contributed by atoms with van der Waals surface area (Å²) < 4.78 is 4.71. The van der Waals surface area contributed by atoms with Gasteiger partial charge in [-0.25, -0.2) is 0 Å². The van der Waals surface area contributed by atoms with Crippen molar-refractivity contribution in [3.8, 4) is 0 Å². The molecule has 0 aromatic heterocycles. The third kappa shape index (κ3) is 1.37. The van der Waals surface area contributed by atoms with Crippen molar-refractivity contribution >= 4 is 11.8 Å². The average Bonchev–Trinajstić information content (AvgIpc) is 2.59. The van der Waals surface area contributed by atoms with Crippen LogP contribution in [-0.2, 0) is 14.3 Å². The summed E-state index contributed by atoms with van der Waals surface area (Å²) in [6, 6.07) is 0. The molecule has 78 valence electrons. The number of hydrogen-bond donors (Lipinski definition) is 0. The second-order valence-corrected chi connectivity index (χ2v) is 3.63. The Hall–Kier alpha value is -1.12. The van der Waals surface area contributed by atoms with E-state index >= 15 is 0 Å². The van der Waals surface area contributed by atoms with Crippen molar-refractivity contribution in [2.24, 2.45) is 5.41 Å². The van der Waals surface area contributed by atoms with Gasteiger partial charge in [-0.1, -0.05) is 19.1 Å². The molecule has 3 heteroatoms. The molecule has 0 saturated heterocycles. The second-order valence-electron chi connectivity index (χ2n) is 3.63. The minimum absolute atomic E-state index is 0.0631. The third-order valence-corrected chi connectivity index (χ3v) is 2.96. The summed E-state index contributed by atoms with van der Waals surface area (Å²) in [6.45, 7) is 5.59. The number of carbonyl (C=O) groups is 2. The lowest BCUT2D eigenvalue weighted by molar-refractivity contribution is -0.154. The van der Waals surface area contributed by atoms with Gasteiger partial charge < -0.3 is 4.74 Å². The van der Waals surface area contributed by atoms with Crippen LogP contribution >= 0.6 is 0 Å². The van der Waals surface area contributed by atoms with Crippen LogP contribution in [0.15, 0.2) is 12.2 Å². The summed E-state index contributed by atoms with van der Waals surface area (Å²) in [5.41, 5.74) is -0.306. The van der Waals surface area contributed by atoms with Gasteiger partial charge in [0.15, 0.2) is 5.78 Å². The topological polar surface area (TPSA) is 43.4 Å². The molecule has 0 heterocycles. The summed E-state index contributed by atoms with van der Waals surface area (Å²) >= 11 is 0. The summed E-state index contributed by atoms with van der Waals surface area (Å²) in [5.74, 6) is -0.501. The highest BCUT2D eigenvalue weighted by molar-refractivity contribution is 6.07. The number of hydrogen-bond acceptors (Lipinski definition) is 3. The molecule has 1 unspecified atom stereocenters. The maximum atomic E-state index is 11.8. The Kier molecular flexibility index (Phi) is 3.09. The van der Waals surface area contributed by atoms with Crippen molar-refractivity contribution in [3.05, 3.63) is 12.2 Å². The first kappa shape index (κ1) is 11.0. The maximum Gasteiger partial charge on any atom is 0.323 e. The van der Waals surface area contributed by atoms with Crippen molar-refractivity contribution in [2.45, 2.75) is 32.6 Å². The summed E-state index contributed by atoms with van der Waals surface area (Å²) in [7, 11) is 1.32. The number of ether oxygens (including phenoxy) is 1. The first-order valence-electron chi connectivity index (χ1n) is 4.89. The van der Waals surface area contributed by atoms with Crippen molar-refractivity contribution in [1.82, 2.24) is 0 Å². The SMILES string of the molecule is C=C1CCCC1(C(=O)CC)C(=O)OC. The Bertz CT molecular complexity index is 262. The van der Waals surface area contributed by atoms with Crippen LogP contribution < -0.4 is 0 Å². The molecule has 0 aromatic rings. The van der Waals surface area contributed by atoms with Gasteiger partial charge in [0.05, 0.1) is 7.11 Å². The molecule has 0 bridgehead atoms. The van der Waals surface area contributed by atoms with E-state index in [2.05, 4.69) is 6.58 Å². The highest BCUT2D eigenvalue weighted by Crippen LogP contribution is 2.44. The van der Waals surface area contributed by atoms with Gasteiger partial charge in [0.1, 0.15) is 5.41 Å². The van der Waals surface area contributed by atoms with Gasteiger partial charge in [-0.05, 0) is 19.3 Å². The van der Waals surface area contributed by atoms with E-state index in [4.69, 9.17) is 4.74 Å². The zero-order chi connectivity index (χ0) is 10.8. The van der Waals surface area contributed by atoms with Crippen molar-refractivity contribution in [3.63, 3.8) is 0 Å². The molecule has 0 radical (unpaired) electrons. The van der Waals surface area contributed by atoms with E-state index in [0.717, 1.165) is 18.4 Å². The first-order chi connectivity index (χ1) is 6.59. The zero-order valence-electron chi connectivity index (χ0n) is 8.76. The first-order valence-corrected chi connectivity index (χ1v) is 4.89. The normalized spacial score (nSPS) is 26.3. The van der Waals surface area contributed by atoms with Crippen LogP contribution in [0.4, 0.5) is 0 Å². The predicted octanol–water partition coefficient (Wildman–Crippen LogP) is 1.86. The Morgan fingerprint density at radius 3 is 2.57 bits per heavy atom. The van der Waals surface area contributed by atoms with Crippen molar-refractivity contribution in [2.75, 3.05) is 7.11 Å². The van der Waals surface area contributed by atoms with E-state index in [9.17, 15) is 9.59 Å². The maximum absolute atomic E-state index is 11.8. The van der Waals surface area contributed by atoms with Gasteiger partial charge in [0, 0.05) is 6.42 Å². The molecule has 14 heavy (non-hydrogen) atoms. The number of ketones is 1. The molecular weight excluding hydrogens is 180 g/mol. The molecule has 1 aliphatic carbocycles. The second kappa shape index (κ2) is 3.95. The lowest BCUT2D eigenvalue weighted by atomic mass is 9.78. The van der Waals surface area contributed by atoms with Crippen LogP contribution in [0.3, 0.4) is 0 Å². The van der Waals surface area contributed by atoms with Crippen LogP contribution in [0, 0.1) is 5.41 Å². The Labute approximate surface area is 84.1 Å². The fourth-order valence-corrected chi connectivity index (χ4v) is 2.13. The molecule has 0 spiro atoms. The van der Waals surface area contributed by atoms with Gasteiger partial charge in [-0.2, -0.15) is 0 Å². The Morgan fingerprint density at radius 2 is 2.21 bits per heavy atom. The predicted molar refractivity (Wildman–Crippen MR) is 52.7 cm³/mol. The molecule has 3 nitrogen and oxygen atoms in total. The fourth-order valence-electron chi connectivity index (χ4n) is 2.13. The van der Waals surface area contributed by atoms with E-state index in [1.165, 1.54) is 7.11 Å². The fraction of sp³-hybridized carbons (Fsp3) is 0.636. The molecule has 1 rings (SSSR count). The van der Waals surface area contributed by atoms with Gasteiger partial charge in [-0.15, -0.1) is 0 Å². The molecule has 1 aliphatic rings. The third-order valence-electron chi connectivity index (χ3n) is 2.96. The number of esters is 1. The summed E-state index contributed by atoms with van der Waals surface area (Å²) in [5, 5.41) is 0. The van der Waals surface area contributed by atoms with Crippen molar-refractivity contribution in [1.29, 1.82) is 0 Å². The molecule has 0 amide bonds. The van der Waals surface area contributed by atoms with Gasteiger partial charge in [0.2, 0.25) is 0 Å². The summed E-state index contributed by atoms with van der Waals surface area (Å²) in [4.78, 5) is 23.4. The van der Waals surface area contributed by atoms with Crippen LogP contribution in [-0.4, -0.2) is 18.9 Å². The minimum Gasteiger partial charge on any atom is -0.468 e. The largest absolute Gasteiger partial charge is 0.468 e. The molecule has 0 N–H and O–H groups in total. The monoisotopic (exact) mass is 196 g/mol. The van der Waals surface area contributed by atoms with Gasteiger partial charge >= 0.3 is 5.97 Å². The highest BCUT2D eigenvalue weighted by atomic mass is 16.5. The van der Waals surface area contributed by atoms with E-state index in [0.29, 0.717) is 12.8 Å². The minimum atomic E-state index is -1.02. The smallest absolute Gasteiger partial charge is 0.323 e. The van der Waals surface area contributed by atoms with Crippen LogP contribution in [0.1, 0.15) is 32.6 Å². The average molecular weight is 196 g/mol. The number of Topliss-reactive ketones (excluding diaryl/α,β-unsaturated/α-hetero) is 1. The molecule has 1 atom stereocenters. The lowest BCUT2D eigenvalue weighted by Crippen LogP contribution is -2.38. The van der Waals surface area contributed by atoms with E-state index in [1.807, 2.05) is 0 Å². The van der Waals surface area contributed by atoms with Gasteiger partial charge in [0.25, 0.3) is 0 Å².